The van der Waals surface area contributed by atoms with Gasteiger partial charge in [-0.1, -0.05) is 0 Å². The molecule has 0 fully saturated rings. The summed E-state index contributed by atoms with van der Waals surface area (Å²) in [5.74, 6) is 1.91. The molecule has 0 bridgehead atoms. The quantitative estimate of drug-likeness (QED) is 0.719. The highest BCUT2D eigenvalue weighted by molar-refractivity contribution is 14.1. The molecule has 0 spiro atoms. The van der Waals surface area contributed by atoms with E-state index in [1.807, 2.05) is 29.7 Å². The largest absolute Gasteiger partial charge is 0.444 e. The first-order valence-corrected chi connectivity index (χ1v) is 6.54. The van der Waals surface area contributed by atoms with Crippen LogP contribution in [0.15, 0.2) is 28.8 Å². The normalized spacial score (nSPS) is 11.2. The summed E-state index contributed by atoms with van der Waals surface area (Å²) in [6.07, 6.45) is 1.70. The summed E-state index contributed by atoms with van der Waals surface area (Å²) >= 11 is 2.25. The number of rotatable bonds is 2. The third-order valence-electron chi connectivity index (χ3n) is 2.70. The van der Waals surface area contributed by atoms with Crippen LogP contribution in [0.2, 0.25) is 0 Å². The highest BCUT2D eigenvalue weighted by Gasteiger charge is 2.11. The molecule has 2 aromatic heterocycles. The number of imidazole rings is 1. The monoisotopic (exact) mass is 354 g/mol. The average Bonchev–Trinajstić information content (AvgIpc) is 2.84. The minimum absolute atomic E-state index is 0.475. The van der Waals surface area contributed by atoms with Gasteiger partial charge in [-0.2, -0.15) is 0 Å². The van der Waals surface area contributed by atoms with Crippen LogP contribution in [0.1, 0.15) is 11.7 Å². The van der Waals surface area contributed by atoms with Crippen LogP contribution in [0.3, 0.4) is 0 Å². The Kier molecular flexibility index (Phi) is 2.73. The van der Waals surface area contributed by atoms with Crippen molar-refractivity contribution in [1.29, 1.82) is 0 Å². The molecule has 2 N–H and O–H groups in total. The molecule has 6 heteroatoms. The van der Waals surface area contributed by atoms with E-state index in [1.54, 1.807) is 6.20 Å². The van der Waals surface area contributed by atoms with Crippen LogP contribution in [-0.2, 0) is 6.54 Å². The van der Waals surface area contributed by atoms with E-state index in [2.05, 4.69) is 32.6 Å². The zero-order valence-corrected chi connectivity index (χ0v) is 11.9. The summed E-state index contributed by atoms with van der Waals surface area (Å²) in [6, 6.07) is 6.04. The summed E-state index contributed by atoms with van der Waals surface area (Å²) in [5, 5.41) is 0. The molecular weight excluding hydrogens is 343 g/mol. The number of halogens is 1. The summed E-state index contributed by atoms with van der Waals surface area (Å²) < 4.78 is 8.50. The van der Waals surface area contributed by atoms with E-state index in [4.69, 9.17) is 10.2 Å². The number of nitrogens with two attached hydrogens (primary N) is 1. The molecule has 92 valence electrons. The summed E-state index contributed by atoms with van der Waals surface area (Å²) in [5.41, 5.74) is 7.82. The van der Waals surface area contributed by atoms with Gasteiger partial charge in [-0.25, -0.2) is 9.97 Å². The van der Waals surface area contributed by atoms with Crippen molar-refractivity contribution in [1.82, 2.24) is 14.5 Å². The molecule has 18 heavy (non-hydrogen) atoms. The van der Waals surface area contributed by atoms with Crippen molar-refractivity contribution in [2.75, 3.05) is 5.73 Å². The Morgan fingerprint density at radius 1 is 1.44 bits per heavy atom. The SMILES string of the molecule is Cc1cnc(Cn2c(N)nc3cc(I)ccc32)o1. The number of benzene rings is 1. The van der Waals surface area contributed by atoms with Gasteiger partial charge in [0.05, 0.1) is 17.2 Å². The fourth-order valence-corrected chi connectivity index (χ4v) is 2.37. The lowest BCUT2D eigenvalue weighted by molar-refractivity contribution is 0.461. The summed E-state index contributed by atoms with van der Waals surface area (Å²) in [4.78, 5) is 8.53. The van der Waals surface area contributed by atoms with Crippen LogP contribution in [0.4, 0.5) is 5.95 Å². The lowest BCUT2D eigenvalue weighted by Gasteiger charge is -2.02. The fourth-order valence-electron chi connectivity index (χ4n) is 1.90. The zero-order chi connectivity index (χ0) is 12.7. The molecule has 2 heterocycles. The maximum Gasteiger partial charge on any atom is 0.214 e. The van der Waals surface area contributed by atoms with E-state index in [1.165, 1.54) is 0 Å². The molecule has 3 rings (SSSR count). The maximum absolute atomic E-state index is 5.94. The third-order valence-corrected chi connectivity index (χ3v) is 3.37. The topological polar surface area (TPSA) is 69.9 Å². The van der Waals surface area contributed by atoms with Gasteiger partial charge in [-0.15, -0.1) is 0 Å². The molecule has 1 aromatic carbocycles. The Bertz CT molecular complexity index is 716. The van der Waals surface area contributed by atoms with Gasteiger partial charge in [0, 0.05) is 3.57 Å². The standard InChI is InChI=1S/C12H11IN4O/c1-7-5-15-11(18-7)6-17-10-3-2-8(13)4-9(10)16-12(17)14/h2-5H,6H2,1H3,(H2,14,16). The Hall–Kier alpha value is -1.57. The Labute approximate surface area is 117 Å². The second-order valence-electron chi connectivity index (χ2n) is 4.05. The lowest BCUT2D eigenvalue weighted by Crippen LogP contribution is -2.04. The van der Waals surface area contributed by atoms with E-state index in [0.29, 0.717) is 18.4 Å². The first-order chi connectivity index (χ1) is 8.63. The van der Waals surface area contributed by atoms with E-state index < -0.39 is 0 Å². The molecule has 3 aromatic rings. The molecule has 0 unspecified atom stereocenters. The number of oxazole rings is 1. The van der Waals surface area contributed by atoms with Crippen molar-refractivity contribution < 1.29 is 4.42 Å². The van der Waals surface area contributed by atoms with Crippen LogP contribution >= 0.6 is 22.6 Å². The first-order valence-electron chi connectivity index (χ1n) is 5.46. The van der Waals surface area contributed by atoms with Gasteiger partial charge in [-0.05, 0) is 47.7 Å². The van der Waals surface area contributed by atoms with Crippen LogP contribution < -0.4 is 5.73 Å². The number of aryl methyl sites for hydroxylation is 1. The van der Waals surface area contributed by atoms with E-state index >= 15 is 0 Å². The number of aromatic nitrogens is 3. The minimum Gasteiger partial charge on any atom is -0.444 e. The van der Waals surface area contributed by atoms with Crippen molar-refractivity contribution in [3.8, 4) is 0 Å². The number of anilines is 1. The molecule has 5 nitrogen and oxygen atoms in total. The average molecular weight is 354 g/mol. The highest BCUT2D eigenvalue weighted by Crippen LogP contribution is 2.21. The van der Waals surface area contributed by atoms with Crippen molar-refractivity contribution in [3.63, 3.8) is 0 Å². The second-order valence-corrected chi connectivity index (χ2v) is 5.30. The van der Waals surface area contributed by atoms with Crippen molar-refractivity contribution in [2.24, 2.45) is 0 Å². The highest BCUT2D eigenvalue weighted by atomic mass is 127. The molecule has 0 amide bonds. The molecule has 0 aliphatic carbocycles. The first kappa shape index (κ1) is 11.5. The fraction of sp³-hybridized carbons (Fsp3) is 0.167. The Morgan fingerprint density at radius 3 is 3.00 bits per heavy atom. The van der Waals surface area contributed by atoms with Crippen molar-refractivity contribution in [2.45, 2.75) is 13.5 Å². The molecule has 0 aliphatic heterocycles. The van der Waals surface area contributed by atoms with E-state index in [-0.39, 0.29) is 0 Å². The van der Waals surface area contributed by atoms with Crippen molar-refractivity contribution >= 4 is 39.6 Å². The number of hydrogen-bond acceptors (Lipinski definition) is 4. The summed E-state index contributed by atoms with van der Waals surface area (Å²) in [6.45, 7) is 2.37. The van der Waals surface area contributed by atoms with E-state index in [0.717, 1.165) is 20.4 Å². The predicted molar refractivity (Wildman–Crippen MR) is 77.2 cm³/mol. The molecule has 0 radical (unpaired) electrons. The smallest absolute Gasteiger partial charge is 0.214 e. The number of fused-ring (bicyclic) bond motifs is 1. The van der Waals surface area contributed by atoms with Crippen molar-refractivity contribution in [3.05, 3.63) is 39.6 Å². The molecule has 0 saturated carbocycles. The predicted octanol–water partition coefficient (Wildman–Crippen LogP) is 2.57. The van der Waals surface area contributed by atoms with Crippen LogP contribution in [0.25, 0.3) is 11.0 Å². The van der Waals surface area contributed by atoms with Gasteiger partial charge >= 0.3 is 0 Å². The van der Waals surface area contributed by atoms with Crippen LogP contribution in [0, 0.1) is 10.5 Å². The Morgan fingerprint density at radius 2 is 2.28 bits per heavy atom. The number of hydrogen-bond donors (Lipinski definition) is 1. The zero-order valence-electron chi connectivity index (χ0n) is 9.72. The van der Waals surface area contributed by atoms with Crippen LogP contribution in [-0.4, -0.2) is 14.5 Å². The molecular formula is C12H11IN4O. The van der Waals surface area contributed by atoms with Gasteiger partial charge in [0.25, 0.3) is 0 Å². The van der Waals surface area contributed by atoms with Gasteiger partial charge in [-0.3, -0.25) is 0 Å². The van der Waals surface area contributed by atoms with Gasteiger partial charge in [0.1, 0.15) is 12.3 Å². The maximum atomic E-state index is 5.94. The number of nitrogens with zero attached hydrogens (tertiary/aromatic N) is 3. The minimum atomic E-state index is 0.475. The molecule has 0 atom stereocenters. The Balaban J connectivity index is 2.08. The van der Waals surface area contributed by atoms with Gasteiger partial charge in [0.2, 0.25) is 11.8 Å². The van der Waals surface area contributed by atoms with Gasteiger partial charge < -0.3 is 14.7 Å². The van der Waals surface area contributed by atoms with Gasteiger partial charge in [0.15, 0.2) is 0 Å². The van der Waals surface area contributed by atoms with E-state index in [9.17, 15) is 0 Å². The van der Waals surface area contributed by atoms with Crippen LogP contribution in [0.5, 0.6) is 0 Å². The number of nitrogen functional groups attached to an aromatic ring is 1. The second kappa shape index (κ2) is 4.27. The molecule has 0 saturated heterocycles. The summed E-state index contributed by atoms with van der Waals surface area (Å²) in [7, 11) is 0. The third kappa shape index (κ3) is 1.96. The lowest BCUT2D eigenvalue weighted by atomic mass is 10.3. The molecule has 0 aliphatic rings.